The predicted octanol–water partition coefficient (Wildman–Crippen LogP) is 4.91. The van der Waals surface area contributed by atoms with Crippen LogP contribution in [0.25, 0.3) is 0 Å². The normalized spacial score (nSPS) is 11.7. The van der Waals surface area contributed by atoms with E-state index in [0.29, 0.717) is 36.0 Å². The quantitative estimate of drug-likeness (QED) is 0.577. The molecule has 6 heteroatoms. The molecule has 156 valence electrons. The molecule has 0 fully saturated rings. The number of nitrogens with zero attached hydrogens (tertiary/aromatic N) is 1. The van der Waals surface area contributed by atoms with Crippen molar-refractivity contribution >= 4 is 35.0 Å². The van der Waals surface area contributed by atoms with Crippen LogP contribution in [0.4, 0.5) is 0 Å². The molecule has 2 aromatic rings. The van der Waals surface area contributed by atoms with Gasteiger partial charge in [0.2, 0.25) is 11.8 Å². The van der Waals surface area contributed by atoms with Crippen LogP contribution in [-0.4, -0.2) is 35.8 Å². The summed E-state index contributed by atoms with van der Waals surface area (Å²) in [5, 5.41) is 3.80. The summed E-state index contributed by atoms with van der Waals surface area (Å²) in [5.41, 5.74) is 1.90. The maximum absolute atomic E-state index is 13.2. The van der Waals surface area contributed by atoms with Gasteiger partial charge in [-0.3, -0.25) is 9.59 Å². The lowest BCUT2D eigenvalue weighted by Crippen LogP contribution is -2.50. The van der Waals surface area contributed by atoms with Crippen LogP contribution in [0.3, 0.4) is 0 Å². The van der Waals surface area contributed by atoms with Crippen molar-refractivity contribution in [1.29, 1.82) is 0 Å². The summed E-state index contributed by atoms with van der Waals surface area (Å²) in [6.45, 7) is 5.01. The van der Waals surface area contributed by atoms with E-state index in [2.05, 4.69) is 5.32 Å². The van der Waals surface area contributed by atoms with Crippen LogP contribution in [-0.2, 0) is 22.4 Å². The van der Waals surface area contributed by atoms with Crippen LogP contribution in [0.2, 0.25) is 10.0 Å². The van der Waals surface area contributed by atoms with Crippen LogP contribution in [0, 0.1) is 0 Å². The van der Waals surface area contributed by atoms with Gasteiger partial charge in [-0.25, -0.2) is 0 Å². The monoisotopic (exact) mass is 434 g/mol. The van der Waals surface area contributed by atoms with Gasteiger partial charge in [0.15, 0.2) is 0 Å². The molecule has 0 aromatic heterocycles. The zero-order valence-electron chi connectivity index (χ0n) is 17.0. The molecule has 0 spiro atoms. The third-order valence-corrected chi connectivity index (χ3v) is 5.50. The predicted molar refractivity (Wildman–Crippen MR) is 119 cm³/mol. The van der Waals surface area contributed by atoms with Crippen molar-refractivity contribution in [2.75, 3.05) is 13.1 Å². The van der Waals surface area contributed by atoms with Crippen LogP contribution in [0.15, 0.2) is 48.5 Å². The van der Waals surface area contributed by atoms with Crippen molar-refractivity contribution in [3.05, 3.63) is 69.7 Å². The molecule has 1 unspecified atom stereocenters. The van der Waals surface area contributed by atoms with E-state index in [-0.39, 0.29) is 18.2 Å². The standard InChI is InChI=1S/C23H28Cl2N2O2/c1-3-13-26-23(29)21(4-2)27(14-12-17-8-6-5-7-9-17)22(28)16-18-10-11-19(24)20(25)15-18/h5-11,15,21H,3-4,12-14,16H2,1-2H3,(H,26,29). The third kappa shape index (κ3) is 7.06. The molecule has 1 N–H and O–H groups in total. The molecule has 1 atom stereocenters. The lowest BCUT2D eigenvalue weighted by molar-refractivity contribution is -0.140. The molecule has 2 aromatic carbocycles. The van der Waals surface area contributed by atoms with E-state index in [9.17, 15) is 9.59 Å². The molecule has 0 heterocycles. The van der Waals surface area contributed by atoms with Gasteiger partial charge in [-0.15, -0.1) is 0 Å². The van der Waals surface area contributed by atoms with Crippen molar-refractivity contribution in [2.24, 2.45) is 0 Å². The molecule has 0 saturated heterocycles. The molecule has 2 rings (SSSR count). The van der Waals surface area contributed by atoms with E-state index in [1.807, 2.05) is 44.2 Å². The highest BCUT2D eigenvalue weighted by atomic mass is 35.5. The summed E-state index contributed by atoms with van der Waals surface area (Å²) in [6, 6.07) is 14.6. The number of benzene rings is 2. The molecule has 2 amide bonds. The second kappa shape index (κ2) is 11.8. The van der Waals surface area contributed by atoms with Gasteiger partial charge in [-0.2, -0.15) is 0 Å². The summed E-state index contributed by atoms with van der Waals surface area (Å²) >= 11 is 12.1. The molecule has 0 aliphatic carbocycles. The molecular weight excluding hydrogens is 407 g/mol. The molecule has 0 aliphatic rings. The molecule has 0 bridgehead atoms. The summed E-state index contributed by atoms with van der Waals surface area (Å²) in [7, 11) is 0. The van der Waals surface area contributed by atoms with E-state index >= 15 is 0 Å². The van der Waals surface area contributed by atoms with Crippen molar-refractivity contribution in [2.45, 2.75) is 45.6 Å². The first-order chi connectivity index (χ1) is 14.0. The number of carbonyl (C=O) groups excluding carboxylic acids is 2. The number of rotatable bonds is 10. The minimum absolute atomic E-state index is 0.0992. The first-order valence-electron chi connectivity index (χ1n) is 10.0. The smallest absolute Gasteiger partial charge is 0.242 e. The maximum Gasteiger partial charge on any atom is 0.242 e. The first kappa shape index (κ1) is 23.2. The summed E-state index contributed by atoms with van der Waals surface area (Å²) in [6.07, 6.45) is 2.26. The van der Waals surface area contributed by atoms with Gasteiger partial charge in [0.05, 0.1) is 16.5 Å². The van der Waals surface area contributed by atoms with Gasteiger partial charge in [0.1, 0.15) is 6.04 Å². The Morgan fingerprint density at radius 2 is 1.72 bits per heavy atom. The number of hydrogen-bond acceptors (Lipinski definition) is 2. The number of halogens is 2. The third-order valence-electron chi connectivity index (χ3n) is 4.76. The molecule has 0 radical (unpaired) electrons. The Labute approximate surface area is 183 Å². The number of amides is 2. The zero-order chi connectivity index (χ0) is 21.2. The first-order valence-corrected chi connectivity index (χ1v) is 10.8. The van der Waals surface area contributed by atoms with Crippen LogP contribution < -0.4 is 5.32 Å². The Morgan fingerprint density at radius 1 is 1.00 bits per heavy atom. The highest BCUT2D eigenvalue weighted by Gasteiger charge is 2.28. The van der Waals surface area contributed by atoms with Gasteiger partial charge in [0.25, 0.3) is 0 Å². The SMILES string of the molecule is CCCNC(=O)C(CC)N(CCc1ccccc1)C(=O)Cc1ccc(Cl)c(Cl)c1. The Bertz CT molecular complexity index is 812. The molecule has 29 heavy (non-hydrogen) atoms. The number of nitrogens with one attached hydrogen (secondary N) is 1. The molecule has 4 nitrogen and oxygen atoms in total. The van der Waals surface area contributed by atoms with Crippen LogP contribution >= 0.6 is 23.2 Å². The van der Waals surface area contributed by atoms with Crippen LogP contribution in [0.1, 0.15) is 37.8 Å². The van der Waals surface area contributed by atoms with E-state index < -0.39 is 6.04 Å². The zero-order valence-corrected chi connectivity index (χ0v) is 18.5. The highest BCUT2D eigenvalue weighted by molar-refractivity contribution is 6.42. The summed E-state index contributed by atoms with van der Waals surface area (Å²) < 4.78 is 0. The summed E-state index contributed by atoms with van der Waals surface area (Å²) in [5.74, 6) is -0.206. The summed E-state index contributed by atoms with van der Waals surface area (Å²) in [4.78, 5) is 27.6. The second-order valence-electron chi connectivity index (χ2n) is 6.96. The van der Waals surface area contributed by atoms with E-state index in [1.54, 1.807) is 23.1 Å². The fourth-order valence-electron chi connectivity index (χ4n) is 3.19. The Balaban J connectivity index is 2.19. The Hall–Kier alpha value is -2.04. The molecular formula is C23H28Cl2N2O2. The van der Waals surface area contributed by atoms with E-state index in [1.165, 1.54) is 0 Å². The van der Waals surface area contributed by atoms with Crippen molar-refractivity contribution in [3.8, 4) is 0 Å². The average Bonchev–Trinajstić information content (AvgIpc) is 2.72. The largest absolute Gasteiger partial charge is 0.354 e. The van der Waals surface area contributed by atoms with E-state index in [0.717, 1.165) is 17.5 Å². The topological polar surface area (TPSA) is 49.4 Å². The fourth-order valence-corrected chi connectivity index (χ4v) is 3.51. The average molecular weight is 435 g/mol. The fraction of sp³-hybridized carbons (Fsp3) is 0.391. The maximum atomic E-state index is 13.2. The minimum Gasteiger partial charge on any atom is -0.354 e. The van der Waals surface area contributed by atoms with Crippen molar-refractivity contribution < 1.29 is 9.59 Å². The lowest BCUT2D eigenvalue weighted by Gasteiger charge is -2.30. The van der Waals surface area contributed by atoms with Gasteiger partial charge in [-0.05, 0) is 42.5 Å². The number of hydrogen-bond donors (Lipinski definition) is 1. The highest BCUT2D eigenvalue weighted by Crippen LogP contribution is 2.23. The Kier molecular flexibility index (Phi) is 9.49. The van der Waals surface area contributed by atoms with Crippen molar-refractivity contribution in [3.63, 3.8) is 0 Å². The van der Waals surface area contributed by atoms with Gasteiger partial charge in [0, 0.05) is 13.1 Å². The van der Waals surface area contributed by atoms with Gasteiger partial charge in [-0.1, -0.05) is 73.4 Å². The van der Waals surface area contributed by atoms with Crippen LogP contribution in [0.5, 0.6) is 0 Å². The number of carbonyl (C=O) groups is 2. The van der Waals surface area contributed by atoms with E-state index in [4.69, 9.17) is 23.2 Å². The Morgan fingerprint density at radius 3 is 2.34 bits per heavy atom. The molecule has 0 saturated carbocycles. The van der Waals surface area contributed by atoms with Gasteiger partial charge >= 0.3 is 0 Å². The lowest BCUT2D eigenvalue weighted by atomic mass is 10.1. The minimum atomic E-state index is -0.500. The second-order valence-corrected chi connectivity index (χ2v) is 7.78. The van der Waals surface area contributed by atoms with Crippen molar-refractivity contribution in [1.82, 2.24) is 10.2 Å². The molecule has 0 aliphatic heterocycles. The van der Waals surface area contributed by atoms with Gasteiger partial charge < -0.3 is 10.2 Å².